The molecule has 0 unspecified atom stereocenters. The van der Waals surface area contributed by atoms with Crippen molar-refractivity contribution in [3.63, 3.8) is 0 Å². The normalized spacial score (nSPS) is 13.6. The summed E-state index contributed by atoms with van der Waals surface area (Å²) in [6, 6.07) is 10.5. The number of phenolic OH excluding ortho intramolecular Hbond substituents is 1. The fourth-order valence-corrected chi connectivity index (χ4v) is 4.89. The zero-order chi connectivity index (χ0) is 29.4. The monoisotopic (exact) mass is 563 g/mol. The molecule has 6 N–H and O–H groups in total. The van der Waals surface area contributed by atoms with E-state index in [1.165, 1.54) is 24.3 Å². The van der Waals surface area contributed by atoms with E-state index in [9.17, 15) is 19.1 Å². The van der Waals surface area contributed by atoms with Crippen molar-refractivity contribution in [2.24, 2.45) is 5.73 Å². The molecule has 0 saturated carbocycles. The fourth-order valence-electron chi connectivity index (χ4n) is 4.89. The lowest BCUT2D eigenvalue weighted by molar-refractivity contribution is -0.129. The zero-order valence-electron chi connectivity index (χ0n) is 22.7. The van der Waals surface area contributed by atoms with Crippen molar-refractivity contribution in [2.45, 2.75) is 51.0 Å². The van der Waals surface area contributed by atoms with Crippen LogP contribution in [0.2, 0.25) is 0 Å². The molecular formula is C30H34FN5O5. The number of carbonyl (C=O) groups is 1. The first-order valence-corrected chi connectivity index (χ1v) is 13.6. The summed E-state index contributed by atoms with van der Waals surface area (Å²) >= 11 is 0. The number of hydrogen-bond acceptors (Lipinski definition) is 7. The van der Waals surface area contributed by atoms with Crippen LogP contribution in [-0.4, -0.2) is 46.9 Å². The van der Waals surface area contributed by atoms with E-state index in [-0.39, 0.29) is 40.6 Å². The Bertz CT molecular complexity index is 1480. The number of nitrogens with one attached hydrogen (secondary N) is 2. The van der Waals surface area contributed by atoms with Crippen molar-refractivity contribution in [2.75, 3.05) is 24.6 Å². The first kappa shape index (κ1) is 29.6. The van der Waals surface area contributed by atoms with Gasteiger partial charge in [0.25, 0.3) is 0 Å². The standard InChI is InChI=1S/C30H34FN5O5/c1-33-23-9-7-20(16-22(23)31)30-29(25(38)18-27(34-30)36-13-11-21(32)12-14-36)19-8-10-26(24(37)17-19)41-15-5-3-2-4-6-28(39)35-40/h7-10,16-18,21,37,40H,2-6,11-15,32H2,(H,34,38)(H,35,39). The van der Waals surface area contributed by atoms with Crippen LogP contribution in [0.1, 0.15) is 44.9 Å². The molecule has 1 fully saturated rings. The number of aromatic hydroxyl groups is 1. The summed E-state index contributed by atoms with van der Waals surface area (Å²) < 4.78 is 20.4. The zero-order valence-corrected chi connectivity index (χ0v) is 22.7. The van der Waals surface area contributed by atoms with Gasteiger partial charge in [-0.1, -0.05) is 31.0 Å². The summed E-state index contributed by atoms with van der Waals surface area (Å²) in [6.07, 6.45) is 4.79. The number of aromatic amines is 1. The number of ether oxygens (including phenoxy) is 1. The number of hydroxylamine groups is 1. The average molecular weight is 564 g/mol. The van der Waals surface area contributed by atoms with Crippen molar-refractivity contribution in [1.82, 2.24) is 10.5 Å². The Morgan fingerprint density at radius 1 is 1.12 bits per heavy atom. The largest absolute Gasteiger partial charge is 0.504 e. The van der Waals surface area contributed by atoms with Crippen LogP contribution in [0.25, 0.3) is 27.2 Å². The number of halogens is 1. The highest BCUT2D eigenvalue weighted by Crippen LogP contribution is 2.36. The molecule has 216 valence electrons. The van der Waals surface area contributed by atoms with Crippen LogP contribution >= 0.6 is 0 Å². The van der Waals surface area contributed by atoms with E-state index in [2.05, 4.69) is 9.83 Å². The molecule has 1 amide bonds. The van der Waals surface area contributed by atoms with Gasteiger partial charge >= 0.3 is 0 Å². The quantitative estimate of drug-likeness (QED) is 0.0969. The highest BCUT2D eigenvalue weighted by molar-refractivity contribution is 5.83. The maximum absolute atomic E-state index is 14.6. The van der Waals surface area contributed by atoms with Gasteiger partial charge in [0.05, 0.1) is 24.4 Å². The van der Waals surface area contributed by atoms with Gasteiger partial charge in [0.15, 0.2) is 16.9 Å². The van der Waals surface area contributed by atoms with Crippen LogP contribution in [0.5, 0.6) is 11.5 Å². The second kappa shape index (κ2) is 13.8. The van der Waals surface area contributed by atoms with Gasteiger partial charge in [0, 0.05) is 31.6 Å². The lowest BCUT2D eigenvalue weighted by atomic mass is 9.97. The number of nitrogens with two attached hydrogens (primary N) is 1. The number of rotatable bonds is 11. The molecule has 2 heterocycles. The Morgan fingerprint density at radius 2 is 1.85 bits per heavy atom. The van der Waals surface area contributed by atoms with Crippen LogP contribution in [0.4, 0.5) is 15.9 Å². The third-order valence-electron chi connectivity index (χ3n) is 7.18. The minimum atomic E-state index is -0.693. The summed E-state index contributed by atoms with van der Waals surface area (Å²) in [6.45, 7) is 8.86. The third kappa shape index (κ3) is 7.42. The molecule has 10 nitrogen and oxygen atoms in total. The number of pyridine rings is 1. The van der Waals surface area contributed by atoms with Crippen LogP contribution in [0.3, 0.4) is 0 Å². The molecule has 1 aliphatic heterocycles. The van der Waals surface area contributed by atoms with Gasteiger partial charge in [-0.05, 0) is 55.0 Å². The number of unbranched alkanes of at least 4 members (excludes halogenated alkanes) is 3. The van der Waals surface area contributed by atoms with E-state index < -0.39 is 11.7 Å². The van der Waals surface area contributed by atoms with Crippen molar-refractivity contribution in [3.05, 3.63) is 69.9 Å². The van der Waals surface area contributed by atoms with E-state index in [1.807, 2.05) is 4.90 Å². The van der Waals surface area contributed by atoms with E-state index in [0.717, 1.165) is 25.7 Å². The Morgan fingerprint density at radius 3 is 2.54 bits per heavy atom. The molecule has 1 saturated heterocycles. The molecule has 11 heteroatoms. The van der Waals surface area contributed by atoms with Gasteiger partial charge in [-0.3, -0.25) is 14.8 Å². The number of phenols is 1. The highest BCUT2D eigenvalue weighted by atomic mass is 19.1. The summed E-state index contributed by atoms with van der Waals surface area (Å²) in [5.74, 6) is -0.390. The predicted octanol–water partition coefficient (Wildman–Crippen LogP) is 4.87. The lowest BCUT2D eigenvalue weighted by Crippen LogP contribution is -2.40. The van der Waals surface area contributed by atoms with Crippen molar-refractivity contribution >= 4 is 17.4 Å². The Kier molecular flexibility index (Phi) is 9.95. The number of benzene rings is 2. The SMILES string of the molecule is [C-]#[N+]c1ccc(-c2[nH]c(N3CCC(N)CC3)cc(=O)c2-c2ccc(OCCCCCCC(=O)NO)c(O)c2)cc1F. The maximum atomic E-state index is 14.6. The first-order chi connectivity index (χ1) is 19.8. The first-order valence-electron chi connectivity index (χ1n) is 13.6. The van der Waals surface area contributed by atoms with Crippen LogP contribution in [0, 0.1) is 12.4 Å². The molecule has 2 aromatic carbocycles. The van der Waals surface area contributed by atoms with Gasteiger partial charge in [-0.2, -0.15) is 0 Å². The van der Waals surface area contributed by atoms with Crippen molar-refractivity contribution < 1.29 is 24.2 Å². The fraction of sp³-hybridized carbons (Fsp3) is 0.367. The second-order valence-corrected chi connectivity index (χ2v) is 10.1. The molecule has 0 aliphatic carbocycles. The van der Waals surface area contributed by atoms with E-state index >= 15 is 0 Å². The molecule has 0 radical (unpaired) electrons. The third-order valence-corrected chi connectivity index (χ3v) is 7.18. The molecule has 3 aromatic rings. The average Bonchev–Trinajstić information content (AvgIpc) is 2.97. The van der Waals surface area contributed by atoms with Crippen molar-refractivity contribution in [1.29, 1.82) is 0 Å². The number of carbonyl (C=O) groups excluding carboxylic acids is 1. The van der Waals surface area contributed by atoms with Gasteiger partial charge in [-0.15, -0.1) is 0 Å². The number of H-pyrrole nitrogens is 1. The number of piperidine rings is 1. The summed E-state index contributed by atoms with van der Waals surface area (Å²) in [5.41, 5.74) is 8.69. The highest BCUT2D eigenvalue weighted by Gasteiger charge is 2.22. The summed E-state index contributed by atoms with van der Waals surface area (Å²) in [7, 11) is 0. The topological polar surface area (TPSA) is 145 Å². The Balaban J connectivity index is 1.57. The van der Waals surface area contributed by atoms with Gasteiger partial charge in [0.2, 0.25) is 11.6 Å². The maximum Gasteiger partial charge on any atom is 0.243 e. The number of hydrogen-bond donors (Lipinski definition) is 5. The predicted molar refractivity (Wildman–Crippen MR) is 154 cm³/mol. The molecule has 0 spiro atoms. The number of anilines is 1. The minimum absolute atomic E-state index is 0.107. The van der Waals surface area contributed by atoms with E-state index in [4.69, 9.17) is 22.2 Å². The molecule has 41 heavy (non-hydrogen) atoms. The number of aromatic nitrogens is 1. The summed E-state index contributed by atoms with van der Waals surface area (Å²) in [4.78, 5) is 33.1. The number of nitrogens with zero attached hydrogens (tertiary/aromatic N) is 2. The van der Waals surface area contributed by atoms with Crippen LogP contribution in [-0.2, 0) is 4.79 Å². The Hall–Kier alpha value is -4.40. The van der Waals surface area contributed by atoms with Gasteiger partial charge in [0.1, 0.15) is 11.6 Å². The van der Waals surface area contributed by atoms with Gasteiger partial charge in [-0.25, -0.2) is 14.7 Å². The summed E-state index contributed by atoms with van der Waals surface area (Å²) in [5, 5.41) is 19.2. The molecule has 4 rings (SSSR count). The van der Waals surface area contributed by atoms with Crippen molar-refractivity contribution in [3.8, 4) is 33.9 Å². The smallest absolute Gasteiger partial charge is 0.243 e. The van der Waals surface area contributed by atoms with E-state index in [0.29, 0.717) is 55.2 Å². The molecule has 1 aromatic heterocycles. The Labute approximate surface area is 237 Å². The molecule has 1 aliphatic rings. The van der Waals surface area contributed by atoms with Gasteiger partial charge < -0.3 is 25.5 Å². The van der Waals surface area contributed by atoms with E-state index in [1.54, 1.807) is 23.7 Å². The van der Waals surface area contributed by atoms with Crippen LogP contribution in [0.15, 0.2) is 47.3 Å². The van der Waals surface area contributed by atoms with Crippen LogP contribution < -0.4 is 26.3 Å². The molecular weight excluding hydrogens is 529 g/mol. The molecule has 0 atom stereocenters. The molecule has 0 bridgehead atoms. The second-order valence-electron chi connectivity index (χ2n) is 10.1. The number of amides is 1. The lowest BCUT2D eigenvalue weighted by Gasteiger charge is -2.32. The minimum Gasteiger partial charge on any atom is -0.504 e.